The van der Waals surface area contributed by atoms with Gasteiger partial charge in [0.25, 0.3) is 5.91 Å². The number of ether oxygens (including phenoxy) is 1. The molecule has 228 valence electrons. The van der Waals surface area contributed by atoms with Gasteiger partial charge in [-0.05, 0) is 42.7 Å². The molecular formula is C34H31N5O5S. The number of nitrogens with zero attached hydrogens (tertiary/aromatic N) is 3. The van der Waals surface area contributed by atoms with Gasteiger partial charge in [-0.3, -0.25) is 14.4 Å². The van der Waals surface area contributed by atoms with Crippen molar-refractivity contribution in [2.75, 3.05) is 12.4 Å². The summed E-state index contributed by atoms with van der Waals surface area (Å²) in [5.41, 5.74) is 3.30. The highest BCUT2D eigenvalue weighted by Gasteiger charge is 2.37. The maximum Gasteiger partial charge on any atom is 0.328 e. The maximum absolute atomic E-state index is 13.8. The van der Waals surface area contributed by atoms with Crippen molar-refractivity contribution in [1.29, 1.82) is 5.26 Å². The summed E-state index contributed by atoms with van der Waals surface area (Å²) in [7, 11) is 1.29. The van der Waals surface area contributed by atoms with Crippen molar-refractivity contribution < 1.29 is 23.9 Å². The summed E-state index contributed by atoms with van der Waals surface area (Å²) in [6, 6.07) is 24.1. The van der Waals surface area contributed by atoms with E-state index in [9.17, 15) is 24.4 Å². The first-order valence-electron chi connectivity index (χ1n) is 14.3. The standard InChI is InChI=1S/C34H31N5O5S/c1-20(2)17-27(34(43)44-3)37-32(41)24-16-10-15-23-29-26(19-45-31(23)24)28(38-39(29)22-13-8-5-9-14-22)30(40)25(18-35)33(42)36-21-11-6-4-7-12-21/h4-16,20,25,27H,17,19H2,1-3H3,(H,36,42)(H,37,41)/t25?,27-/m0/s1. The molecule has 2 heterocycles. The summed E-state index contributed by atoms with van der Waals surface area (Å²) >= 11 is 1.35. The lowest BCUT2D eigenvalue weighted by atomic mass is 9.96. The third-order valence-corrected chi connectivity index (χ3v) is 8.45. The van der Waals surface area contributed by atoms with Crippen molar-refractivity contribution in [2.24, 2.45) is 11.8 Å². The second-order valence-corrected chi connectivity index (χ2v) is 11.8. The number of carbonyl (C=O) groups excluding carboxylic acids is 4. The largest absolute Gasteiger partial charge is 0.467 e. The van der Waals surface area contributed by atoms with Crippen LogP contribution in [0.3, 0.4) is 0 Å². The molecule has 0 bridgehead atoms. The van der Waals surface area contributed by atoms with Crippen LogP contribution in [-0.4, -0.2) is 46.5 Å². The highest BCUT2D eigenvalue weighted by atomic mass is 32.2. The van der Waals surface area contributed by atoms with Crippen LogP contribution in [-0.2, 0) is 20.1 Å². The quantitative estimate of drug-likeness (QED) is 0.136. The third kappa shape index (κ3) is 6.51. The number of Topliss-reactive ketones (excluding diaryl/α,β-unsaturated/α-hetero) is 1. The number of benzene rings is 3. The van der Waals surface area contributed by atoms with E-state index in [1.165, 1.54) is 18.9 Å². The van der Waals surface area contributed by atoms with Crippen LogP contribution in [0.1, 0.15) is 46.7 Å². The number of esters is 1. The number of aromatic nitrogens is 2. The van der Waals surface area contributed by atoms with Gasteiger partial charge in [-0.1, -0.05) is 62.4 Å². The molecule has 2 atom stereocenters. The molecule has 4 aromatic rings. The van der Waals surface area contributed by atoms with Crippen LogP contribution in [0.5, 0.6) is 0 Å². The van der Waals surface area contributed by atoms with E-state index in [0.717, 1.165) is 0 Å². The molecule has 1 aliphatic rings. The van der Waals surface area contributed by atoms with Gasteiger partial charge in [0.15, 0.2) is 5.92 Å². The van der Waals surface area contributed by atoms with Crippen LogP contribution in [0.15, 0.2) is 83.8 Å². The first-order chi connectivity index (χ1) is 21.7. The maximum atomic E-state index is 13.8. The minimum atomic E-state index is -1.63. The fourth-order valence-corrected chi connectivity index (χ4v) is 6.39. The van der Waals surface area contributed by atoms with E-state index in [4.69, 9.17) is 4.74 Å². The number of rotatable bonds is 10. The van der Waals surface area contributed by atoms with Gasteiger partial charge in [-0.25, -0.2) is 9.48 Å². The molecule has 11 heteroatoms. The van der Waals surface area contributed by atoms with Gasteiger partial charge in [0.1, 0.15) is 11.7 Å². The number of thioether (sulfide) groups is 1. The summed E-state index contributed by atoms with van der Waals surface area (Å²) in [6.07, 6.45) is 0.412. The van der Waals surface area contributed by atoms with E-state index in [1.807, 2.05) is 56.3 Å². The molecule has 1 unspecified atom stereocenters. The zero-order chi connectivity index (χ0) is 32.1. The van der Waals surface area contributed by atoms with Gasteiger partial charge in [-0.2, -0.15) is 10.4 Å². The van der Waals surface area contributed by atoms with E-state index in [-0.39, 0.29) is 17.4 Å². The second kappa shape index (κ2) is 13.6. The van der Waals surface area contributed by atoms with Crippen molar-refractivity contribution in [3.8, 4) is 23.0 Å². The molecule has 45 heavy (non-hydrogen) atoms. The number of methoxy groups -OCH3 is 1. The van der Waals surface area contributed by atoms with Gasteiger partial charge < -0.3 is 15.4 Å². The highest BCUT2D eigenvalue weighted by molar-refractivity contribution is 7.98. The highest BCUT2D eigenvalue weighted by Crippen LogP contribution is 2.45. The molecule has 5 rings (SSSR count). The van der Waals surface area contributed by atoms with E-state index in [0.29, 0.717) is 45.1 Å². The molecule has 0 saturated heterocycles. The number of para-hydroxylation sites is 2. The Hall–Kier alpha value is -5.21. The average molecular weight is 622 g/mol. The summed E-state index contributed by atoms with van der Waals surface area (Å²) in [5, 5.41) is 20.1. The second-order valence-electron chi connectivity index (χ2n) is 10.9. The predicted molar refractivity (Wildman–Crippen MR) is 170 cm³/mol. The van der Waals surface area contributed by atoms with Gasteiger partial charge in [0, 0.05) is 27.5 Å². The minimum absolute atomic E-state index is 0.0132. The Morgan fingerprint density at radius 2 is 1.69 bits per heavy atom. The van der Waals surface area contributed by atoms with Crippen molar-refractivity contribution in [3.05, 3.63) is 95.7 Å². The molecule has 0 aliphatic carbocycles. The Morgan fingerprint density at radius 3 is 2.33 bits per heavy atom. The van der Waals surface area contributed by atoms with Crippen molar-refractivity contribution in [3.63, 3.8) is 0 Å². The Bertz CT molecular complexity index is 1800. The number of amides is 2. The Kier molecular flexibility index (Phi) is 9.45. The van der Waals surface area contributed by atoms with Crippen molar-refractivity contribution >= 4 is 41.0 Å². The third-order valence-electron chi connectivity index (χ3n) is 7.29. The average Bonchev–Trinajstić information content (AvgIpc) is 3.45. The van der Waals surface area contributed by atoms with Gasteiger partial charge in [-0.15, -0.1) is 11.8 Å². The molecular weight excluding hydrogens is 590 g/mol. The number of anilines is 1. The van der Waals surface area contributed by atoms with Gasteiger partial charge >= 0.3 is 5.97 Å². The van der Waals surface area contributed by atoms with Crippen LogP contribution in [0, 0.1) is 23.2 Å². The lowest BCUT2D eigenvalue weighted by Gasteiger charge is -2.23. The smallest absolute Gasteiger partial charge is 0.328 e. The number of ketones is 1. The molecule has 0 radical (unpaired) electrons. The molecule has 3 aromatic carbocycles. The van der Waals surface area contributed by atoms with Crippen molar-refractivity contribution in [1.82, 2.24) is 15.1 Å². The molecule has 2 amide bonds. The predicted octanol–water partition coefficient (Wildman–Crippen LogP) is 5.42. The molecule has 0 saturated carbocycles. The topological polar surface area (TPSA) is 143 Å². The molecule has 1 aliphatic heterocycles. The van der Waals surface area contributed by atoms with E-state index >= 15 is 0 Å². The number of nitrogens with one attached hydrogen (secondary N) is 2. The molecule has 2 N–H and O–H groups in total. The van der Waals surface area contributed by atoms with Crippen LogP contribution >= 0.6 is 11.8 Å². The van der Waals surface area contributed by atoms with E-state index < -0.39 is 35.5 Å². The number of nitriles is 1. The Labute approximate surface area is 264 Å². The van der Waals surface area contributed by atoms with Crippen molar-refractivity contribution in [2.45, 2.75) is 37.0 Å². The monoisotopic (exact) mass is 621 g/mol. The van der Waals surface area contributed by atoms with Gasteiger partial charge in [0.05, 0.1) is 30.1 Å². The molecule has 0 fully saturated rings. The minimum Gasteiger partial charge on any atom is -0.467 e. The molecule has 10 nitrogen and oxygen atoms in total. The zero-order valence-corrected chi connectivity index (χ0v) is 25.8. The number of hydrogen-bond acceptors (Lipinski definition) is 8. The molecule has 0 spiro atoms. The first kappa shape index (κ1) is 31.2. The van der Waals surface area contributed by atoms with E-state index in [2.05, 4.69) is 15.7 Å². The lowest BCUT2D eigenvalue weighted by Crippen LogP contribution is -2.42. The van der Waals surface area contributed by atoms with Gasteiger partial charge in [0.2, 0.25) is 11.7 Å². The summed E-state index contributed by atoms with van der Waals surface area (Å²) in [4.78, 5) is 53.6. The number of carbonyl (C=O) groups is 4. The SMILES string of the molecule is COC(=O)[C@H](CC(C)C)NC(=O)c1cccc2c1SCc1c(C(=O)C(C#N)C(=O)Nc3ccccc3)nn(-c3ccccc3)c1-2. The van der Waals surface area contributed by atoms with Crippen LogP contribution in [0.4, 0.5) is 5.69 Å². The molecule has 1 aromatic heterocycles. The van der Waals surface area contributed by atoms with Crippen LogP contribution in [0.25, 0.3) is 16.9 Å². The number of hydrogen-bond donors (Lipinski definition) is 2. The van der Waals surface area contributed by atoms with E-state index in [1.54, 1.807) is 47.1 Å². The fraction of sp³-hybridized carbons (Fsp3) is 0.235. The number of fused-ring (bicyclic) bond motifs is 3. The zero-order valence-electron chi connectivity index (χ0n) is 24.9. The summed E-state index contributed by atoms with van der Waals surface area (Å²) in [5.74, 6) is -3.66. The van der Waals surface area contributed by atoms with Crippen LogP contribution in [0.2, 0.25) is 0 Å². The van der Waals surface area contributed by atoms with Crippen LogP contribution < -0.4 is 10.6 Å². The normalized spacial score (nSPS) is 13.0. The Morgan fingerprint density at radius 1 is 1.00 bits per heavy atom. The fourth-order valence-electron chi connectivity index (χ4n) is 5.19. The lowest BCUT2D eigenvalue weighted by molar-refractivity contribution is -0.143. The summed E-state index contributed by atoms with van der Waals surface area (Å²) in [6.45, 7) is 3.91. The summed E-state index contributed by atoms with van der Waals surface area (Å²) < 4.78 is 6.54. The Balaban J connectivity index is 1.56. The first-order valence-corrected chi connectivity index (χ1v) is 15.3.